The Labute approximate surface area is 100 Å². The number of hydrogen-bond acceptors (Lipinski definition) is 4. The number of nitriles is 1. The van der Waals surface area contributed by atoms with Crippen LogP contribution in [-0.2, 0) is 4.74 Å². The fourth-order valence-electron chi connectivity index (χ4n) is 1.36. The van der Waals surface area contributed by atoms with Crippen molar-refractivity contribution in [3.05, 3.63) is 23.5 Å². The molecule has 0 aliphatic rings. The van der Waals surface area contributed by atoms with Crippen LogP contribution in [0.15, 0.2) is 18.5 Å². The monoisotopic (exact) mass is 239 g/mol. The number of pyridine rings is 1. The summed E-state index contributed by atoms with van der Waals surface area (Å²) in [7, 11) is 1.65. The summed E-state index contributed by atoms with van der Waals surface area (Å²) in [5, 5.41) is 9.20. The summed E-state index contributed by atoms with van der Waals surface area (Å²) in [4.78, 5) is 5.96. The van der Waals surface area contributed by atoms with Crippen molar-refractivity contribution in [3.8, 4) is 6.07 Å². The number of ether oxygens (including phenoxy) is 1. The van der Waals surface area contributed by atoms with E-state index in [2.05, 4.69) is 11.1 Å². The van der Waals surface area contributed by atoms with Crippen LogP contribution >= 0.6 is 11.6 Å². The van der Waals surface area contributed by atoms with E-state index in [0.29, 0.717) is 31.1 Å². The van der Waals surface area contributed by atoms with Gasteiger partial charge in [-0.2, -0.15) is 5.26 Å². The Bertz CT molecular complexity index is 364. The number of hydrogen-bond donors (Lipinski definition) is 0. The van der Waals surface area contributed by atoms with Gasteiger partial charge in [-0.1, -0.05) is 11.6 Å². The number of rotatable bonds is 6. The van der Waals surface area contributed by atoms with Gasteiger partial charge in [0.2, 0.25) is 0 Å². The lowest BCUT2D eigenvalue weighted by Gasteiger charge is -2.24. The van der Waals surface area contributed by atoms with Crippen molar-refractivity contribution in [2.45, 2.75) is 6.42 Å². The molecule has 1 aromatic heterocycles. The molecule has 0 bridgehead atoms. The highest BCUT2D eigenvalue weighted by molar-refractivity contribution is 6.33. The normalized spacial score (nSPS) is 9.81. The van der Waals surface area contributed by atoms with Crippen molar-refractivity contribution in [3.63, 3.8) is 0 Å². The van der Waals surface area contributed by atoms with Gasteiger partial charge in [-0.05, 0) is 6.07 Å². The second-order valence-corrected chi connectivity index (χ2v) is 3.62. The van der Waals surface area contributed by atoms with E-state index in [1.807, 2.05) is 11.0 Å². The summed E-state index contributed by atoms with van der Waals surface area (Å²) in [6.45, 7) is 1.95. The third kappa shape index (κ3) is 3.69. The molecule has 5 heteroatoms. The van der Waals surface area contributed by atoms with Crippen LogP contribution in [0.4, 0.5) is 5.69 Å². The molecule has 0 saturated heterocycles. The second kappa shape index (κ2) is 7.04. The Morgan fingerprint density at radius 1 is 1.56 bits per heavy atom. The molecule has 16 heavy (non-hydrogen) atoms. The Balaban J connectivity index is 2.75. The molecule has 0 fully saturated rings. The van der Waals surface area contributed by atoms with Gasteiger partial charge in [0.1, 0.15) is 0 Å². The largest absolute Gasteiger partial charge is 0.383 e. The van der Waals surface area contributed by atoms with Crippen LogP contribution in [0.1, 0.15) is 6.42 Å². The first kappa shape index (κ1) is 12.8. The van der Waals surface area contributed by atoms with Crippen LogP contribution in [0.25, 0.3) is 0 Å². The molecule has 0 N–H and O–H groups in total. The SMILES string of the molecule is COCCN(CCC#N)c1ccncc1Cl. The van der Waals surface area contributed by atoms with Gasteiger partial charge in [-0.15, -0.1) is 0 Å². The van der Waals surface area contributed by atoms with E-state index in [-0.39, 0.29) is 0 Å². The molecule has 0 spiro atoms. The van der Waals surface area contributed by atoms with Crippen molar-refractivity contribution < 1.29 is 4.74 Å². The third-order valence-electron chi connectivity index (χ3n) is 2.15. The number of anilines is 1. The molecular weight excluding hydrogens is 226 g/mol. The van der Waals surface area contributed by atoms with Crippen molar-refractivity contribution in [1.29, 1.82) is 5.26 Å². The maximum absolute atomic E-state index is 8.60. The van der Waals surface area contributed by atoms with E-state index in [1.54, 1.807) is 19.5 Å². The molecule has 1 rings (SSSR count). The predicted molar refractivity (Wildman–Crippen MR) is 63.6 cm³/mol. The van der Waals surface area contributed by atoms with Crippen molar-refractivity contribution in [2.24, 2.45) is 0 Å². The van der Waals surface area contributed by atoms with E-state index in [4.69, 9.17) is 21.6 Å². The smallest absolute Gasteiger partial charge is 0.0822 e. The minimum Gasteiger partial charge on any atom is -0.383 e. The number of nitrogens with zero attached hydrogens (tertiary/aromatic N) is 3. The van der Waals surface area contributed by atoms with Gasteiger partial charge in [0.15, 0.2) is 0 Å². The first-order valence-corrected chi connectivity index (χ1v) is 5.37. The first-order valence-electron chi connectivity index (χ1n) is 5.00. The van der Waals surface area contributed by atoms with Gasteiger partial charge in [0.05, 0.1) is 29.8 Å². The number of methoxy groups -OCH3 is 1. The fourth-order valence-corrected chi connectivity index (χ4v) is 1.60. The van der Waals surface area contributed by atoms with Crippen LogP contribution in [0.5, 0.6) is 0 Å². The number of aromatic nitrogens is 1. The Kier molecular flexibility index (Phi) is 5.62. The third-order valence-corrected chi connectivity index (χ3v) is 2.44. The lowest BCUT2D eigenvalue weighted by Crippen LogP contribution is -2.28. The van der Waals surface area contributed by atoms with Crippen LogP contribution < -0.4 is 4.90 Å². The maximum Gasteiger partial charge on any atom is 0.0822 e. The molecule has 0 aromatic carbocycles. The molecule has 0 unspecified atom stereocenters. The standard InChI is InChI=1S/C11H14ClN3O/c1-16-8-7-15(6-2-4-13)11-3-5-14-9-10(11)12/h3,5,9H,2,6-8H2,1H3. The van der Waals surface area contributed by atoms with Gasteiger partial charge in [-0.25, -0.2) is 0 Å². The van der Waals surface area contributed by atoms with E-state index in [1.165, 1.54) is 0 Å². The molecule has 86 valence electrons. The molecule has 0 aliphatic carbocycles. The van der Waals surface area contributed by atoms with Gasteiger partial charge in [-0.3, -0.25) is 4.98 Å². The molecule has 0 atom stereocenters. The summed E-state index contributed by atoms with van der Waals surface area (Å²) in [5.41, 5.74) is 0.893. The predicted octanol–water partition coefficient (Wildman–Crippen LogP) is 2.10. The van der Waals surface area contributed by atoms with Gasteiger partial charge >= 0.3 is 0 Å². The summed E-state index contributed by atoms with van der Waals surface area (Å²) in [6.07, 6.45) is 3.75. The molecule has 0 saturated carbocycles. The highest BCUT2D eigenvalue weighted by Gasteiger charge is 2.09. The summed E-state index contributed by atoms with van der Waals surface area (Å²) < 4.78 is 5.03. The van der Waals surface area contributed by atoms with Crippen LogP contribution in [0.2, 0.25) is 5.02 Å². The maximum atomic E-state index is 8.60. The average molecular weight is 240 g/mol. The van der Waals surface area contributed by atoms with Crippen molar-refractivity contribution in [1.82, 2.24) is 4.98 Å². The number of halogens is 1. The van der Waals surface area contributed by atoms with E-state index < -0.39 is 0 Å². The zero-order valence-corrected chi connectivity index (χ0v) is 9.94. The molecular formula is C11H14ClN3O. The van der Waals surface area contributed by atoms with Crippen LogP contribution in [0, 0.1) is 11.3 Å². The molecule has 0 radical (unpaired) electrons. The summed E-state index contributed by atoms with van der Waals surface area (Å²) in [5.74, 6) is 0. The molecule has 0 aliphatic heterocycles. The van der Waals surface area contributed by atoms with Crippen molar-refractivity contribution in [2.75, 3.05) is 31.7 Å². The fraction of sp³-hybridized carbons (Fsp3) is 0.455. The minimum absolute atomic E-state index is 0.461. The molecule has 0 amide bonds. The topological polar surface area (TPSA) is 49.1 Å². The van der Waals surface area contributed by atoms with Gasteiger partial charge in [0.25, 0.3) is 0 Å². The second-order valence-electron chi connectivity index (χ2n) is 3.22. The van der Waals surface area contributed by atoms with Crippen LogP contribution in [0.3, 0.4) is 0 Å². The quantitative estimate of drug-likeness (QED) is 0.763. The zero-order valence-electron chi connectivity index (χ0n) is 9.19. The molecule has 1 heterocycles. The van der Waals surface area contributed by atoms with Crippen molar-refractivity contribution >= 4 is 17.3 Å². The first-order chi connectivity index (χ1) is 7.79. The highest BCUT2D eigenvalue weighted by Crippen LogP contribution is 2.23. The zero-order chi connectivity index (χ0) is 11.8. The Hall–Kier alpha value is -1.31. The van der Waals surface area contributed by atoms with Crippen LogP contribution in [-0.4, -0.2) is 31.8 Å². The summed E-state index contributed by atoms with van der Waals surface area (Å²) >= 11 is 6.05. The van der Waals surface area contributed by atoms with E-state index in [9.17, 15) is 0 Å². The Morgan fingerprint density at radius 2 is 2.38 bits per heavy atom. The summed E-state index contributed by atoms with van der Waals surface area (Å²) in [6, 6.07) is 3.97. The lowest BCUT2D eigenvalue weighted by molar-refractivity contribution is 0.205. The minimum atomic E-state index is 0.461. The van der Waals surface area contributed by atoms with Gasteiger partial charge < -0.3 is 9.64 Å². The highest BCUT2D eigenvalue weighted by atomic mass is 35.5. The van der Waals surface area contributed by atoms with E-state index >= 15 is 0 Å². The lowest BCUT2D eigenvalue weighted by atomic mass is 10.3. The van der Waals surface area contributed by atoms with E-state index in [0.717, 1.165) is 5.69 Å². The molecule has 4 nitrogen and oxygen atoms in total. The average Bonchev–Trinajstić information content (AvgIpc) is 2.31. The molecule has 1 aromatic rings. The Morgan fingerprint density at radius 3 is 3.00 bits per heavy atom. The van der Waals surface area contributed by atoms with Gasteiger partial charge in [0, 0.05) is 32.6 Å².